The van der Waals surface area contributed by atoms with Crippen molar-refractivity contribution in [1.82, 2.24) is 38.9 Å². The van der Waals surface area contributed by atoms with Crippen LogP contribution >= 0.6 is 0 Å². The summed E-state index contributed by atoms with van der Waals surface area (Å²) in [6.45, 7) is 9.53. The molecule has 39 heavy (non-hydrogen) atoms. The summed E-state index contributed by atoms with van der Waals surface area (Å²) in [5.74, 6) is 0.358. The molecule has 0 aromatic carbocycles. The van der Waals surface area contributed by atoms with E-state index in [2.05, 4.69) is 31.9 Å². The average Bonchev–Trinajstić information content (AvgIpc) is 3.31. The van der Waals surface area contributed by atoms with Crippen LogP contribution < -0.4 is 10.3 Å². The maximum Gasteiger partial charge on any atom is 0.279 e. The van der Waals surface area contributed by atoms with E-state index in [9.17, 15) is 13.2 Å². The van der Waals surface area contributed by atoms with Gasteiger partial charge in [0.05, 0.1) is 36.3 Å². The molecule has 0 bridgehead atoms. The lowest BCUT2D eigenvalue weighted by molar-refractivity contribution is 0.196. The molecule has 0 amide bonds. The fourth-order valence-electron chi connectivity index (χ4n) is 4.75. The van der Waals surface area contributed by atoms with Crippen molar-refractivity contribution in [2.45, 2.75) is 38.6 Å². The molecule has 0 saturated carbocycles. The standard InChI is InChI=1S/C26H32N8O4S/c1-4-21-22-23(31-34(21)17-18-9-7-8-10-27-18)25(35)30-24(29-22)20-15-19(16-28-26(20)38-6-3)39(36,37)33-13-11-32(5-2)12-14-33/h7-10,15-16H,4-6,11-14,17H2,1-3H3,(H,29,30,35). The number of pyridine rings is 2. The van der Waals surface area contributed by atoms with E-state index in [1.807, 2.05) is 25.1 Å². The van der Waals surface area contributed by atoms with E-state index >= 15 is 0 Å². The number of piperazine rings is 1. The van der Waals surface area contributed by atoms with Gasteiger partial charge in [-0.05, 0) is 38.1 Å². The molecule has 0 aliphatic carbocycles. The number of aryl methyl sites for hydroxylation is 1. The Morgan fingerprint density at radius 1 is 1.05 bits per heavy atom. The minimum Gasteiger partial charge on any atom is -0.477 e. The normalized spacial score (nSPS) is 15.2. The first-order valence-corrected chi connectivity index (χ1v) is 14.5. The second kappa shape index (κ2) is 11.2. The Kier molecular flexibility index (Phi) is 7.73. The highest BCUT2D eigenvalue weighted by atomic mass is 32.2. The predicted molar refractivity (Wildman–Crippen MR) is 146 cm³/mol. The monoisotopic (exact) mass is 552 g/mol. The van der Waals surface area contributed by atoms with E-state index in [4.69, 9.17) is 9.72 Å². The molecule has 1 N–H and O–H groups in total. The molecule has 0 atom stereocenters. The van der Waals surface area contributed by atoms with E-state index in [0.717, 1.165) is 17.9 Å². The maximum absolute atomic E-state index is 13.5. The first kappa shape index (κ1) is 26.9. The van der Waals surface area contributed by atoms with E-state index in [-0.39, 0.29) is 22.1 Å². The van der Waals surface area contributed by atoms with Crippen molar-refractivity contribution in [3.63, 3.8) is 0 Å². The smallest absolute Gasteiger partial charge is 0.279 e. The van der Waals surface area contributed by atoms with Gasteiger partial charge in [-0.25, -0.2) is 18.4 Å². The molecule has 13 heteroatoms. The number of nitrogens with zero attached hydrogens (tertiary/aromatic N) is 7. The van der Waals surface area contributed by atoms with E-state index in [1.165, 1.54) is 16.6 Å². The summed E-state index contributed by atoms with van der Waals surface area (Å²) in [7, 11) is -3.81. The summed E-state index contributed by atoms with van der Waals surface area (Å²) < 4.78 is 35.9. The van der Waals surface area contributed by atoms with Crippen LogP contribution in [0.5, 0.6) is 5.88 Å². The Morgan fingerprint density at radius 2 is 1.85 bits per heavy atom. The number of H-pyrrole nitrogens is 1. The molecule has 0 radical (unpaired) electrons. The van der Waals surface area contributed by atoms with Gasteiger partial charge in [0.1, 0.15) is 16.2 Å². The van der Waals surface area contributed by atoms with Gasteiger partial charge in [0, 0.05) is 32.4 Å². The number of likely N-dealkylation sites (N-methyl/N-ethyl adjacent to an activating group) is 1. The van der Waals surface area contributed by atoms with Crippen LogP contribution in [0.2, 0.25) is 0 Å². The summed E-state index contributed by atoms with van der Waals surface area (Å²) in [5.41, 5.74) is 2.08. The number of hydrogen-bond donors (Lipinski definition) is 1. The summed E-state index contributed by atoms with van der Waals surface area (Å²) >= 11 is 0. The molecule has 0 spiro atoms. The quantitative estimate of drug-likeness (QED) is 0.330. The van der Waals surface area contributed by atoms with Crippen molar-refractivity contribution in [1.29, 1.82) is 0 Å². The van der Waals surface area contributed by atoms with Crippen molar-refractivity contribution in [3.05, 3.63) is 58.4 Å². The molecule has 206 valence electrons. The van der Waals surface area contributed by atoms with Gasteiger partial charge in [-0.1, -0.05) is 19.9 Å². The second-order valence-corrected chi connectivity index (χ2v) is 11.1. The van der Waals surface area contributed by atoms with E-state index in [0.29, 0.717) is 56.8 Å². The Labute approximate surface area is 226 Å². The molecule has 1 aliphatic rings. The SMILES string of the molecule is CCOc1ncc(S(=O)(=O)N2CCN(CC)CC2)cc1-c1nc2c(CC)n(Cc3ccccn3)nc2c(=O)[nH]1. The van der Waals surface area contributed by atoms with Crippen molar-refractivity contribution >= 4 is 21.1 Å². The van der Waals surface area contributed by atoms with Gasteiger partial charge in [-0.15, -0.1) is 0 Å². The lowest BCUT2D eigenvalue weighted by Crippen LogP contribution is -2.48. The highest BCUT2D eigenvalue weighted by molar-refractivity contribution is 7.89. The number of hydrogen-bond acceptors (Lipinski definition) is 9. The van der Waals surface area contributed by atoms with Crippen molar-refractivity contribution in [3.8, 4) is 17.3 Å². The molecule has 12 nitrogen and oxygen atoms in total. The van der Waals surface area contributed by atoms with Gasteiger partial charge >= 0.3 is 0 Å². The first-order valence-electron chi connectivity index (χ1n) is 13.1. The van der Waals surface area contributed by atoms with E-state index < -0.39 is 15.6 Å². The van der Waals surface area contributed by atoms with Gasteiger partial charge in [0.15, 0.2) is 5.52 Å². The molecule has 1 aliphatic heterocycles. The molecule has 0 unspecified atom stereocenters. The minimum atomic E-state index is -3.81. The highest BCUT2D eigenvalue weighted by Gasteiger charge is 2.30. The third-order valence-electron chi connectivity index (χ3n) is 6.85. The molecule has 5 heterocycles. The fraction of sp³-hybridized carbons (Fsp3) is 0.423. The van der Waals surface area contributed by atoms with Gasteiger partial charge in [0.2, 0.25) is 15.9 Å². The summed E-state index contributed by atoms with van der Waals surface area (Å²) in [4.78, 5) is 31.6. The largest absolute Gasteiger partial charge is 0.477 e. The fourth-order valence-corrected chi connectivity index (χ4v) is 6.14. The molecule has 1 fully saturated rings. The molecule has 5 rings (SSSR count). The van der Waals surface area contributed by atoms with Gasteiger partial charge in [-0.3, -0.25) is 14.5 Å². The Bertz CT molecular complexity index is 1630. The first-order chi connectivity index (χ1) is 18.8. The van der Waals surface area contributed by atoms with Crippen LogP contribution in [0.4, 0.5) is 0 Å². The zero-order valence-electron chi connectivity index (χ0n) is 22.3. The van der Waals surface area contributed by atoms with E-state index in [1.54, 1.807) is 17.8 Å². The van der Waals surface area contributed by atoms with Crippen LogP contribution in [0.3, 0.4) is 0 Å². The number of aromatic amines is 1. The highest BCUT2D eigenvalue weighted by Crippen LogP contribution is 2.30. The molecule has 4 aromatic rings. The number of fused-ring (bicyclic) bond motifs is 1. The summed E-state index contributed by atoms with van der Waals surface area (Å²) in [5, 5.41) is 4.52. The Hall–Kier alpha value is -3.68. The lowest BCUT2D eigenvalue weighted by atomic mass is 10.2. The summed E-state index contributed by atoms with van der Waals surface area (Å²) in [6, 6.07) is 7.11. The zero-order chi connectivity index (χ0) is 27.6. The zero-order valence-corrected chi connectivity index (χ0v) is 23.1. The van der Waals surface area contributed by atoms with Crippen LogP contribution in [-0.4, -0.2) is 86.7 Å². The van der Waals surface area contributed by atoms with Crippen LogP contribution in [0.25, 0.3) is 22.4 Å². The van der Waals surface area contributed by atoms with Gasteiger partial charge < -0.3 is 14.6 Å². The van der Waals surface area contributed by atoms with Crippen LogP contribution in [0.15, 0.2) is 46.3 Å². The number of aromatic nitrogens is 6. The Balaban J connectivity index is 1.58. The predicted octanol–water partition coefficient (Wildman–Crippen LogP) is 1.91. The number of rotatable bonds is 9. The van der Waals surface area contributed by atoms with Gasteiger partial charge in [0.25, 0.3) is 5.56 Å². The second-order valence-electron chi connectivity index (χ2n) is 9.19. The third kappa shape index (κ3) is 5.29. The minimum absolute atomic E-state index is 0.0233. The number of nitrogens with one attached hydrogen (secondary N) is 1. The lowest BCUT2D eigenvalue weighted by Gasteiger charge is -2.33. The van der Waals surface area contributed by atoms with Crippen LogP contribution in [0, 0.1) is 0 Å². The van der Waals surface area contributed by atoms with Crippen molar-refractivity contribution in [2.24, 2.45) is 0 Å². The molecule has 4 aromatic heterocycles. The maximum atomic E-state index is 13.5. The molecular formula is C26H32N8O4S. The van der Waals surface area contributed by atoms with Crippen molar-refractivity contribution in [2.75, 3.05) is 39.3 Å². The Morgan fingerprint density at radius 3 is 2.51 bits per heavy atom. The molecule has 1 saturated heterocycles. The topological polar surface area (TPSA) is 139 Å². The van der Waals surface area contributed by atoms with Crippen molar-refractivity contribution < 1.29 is 13.2 Å². The molecular weight excluding hydrogens is 520 g/mol. The van der Waals surface area contributed by atoms with Crippen LogP contribution in [-0.2, 0) is 23.0 Å². The summed E-state index contributed by atoms with van der Waals surface area (Å²) in [6.07, 6.45) is 3.59. The average molecular weight is 553 g/mol. The third-order valence-corrected chi connectivity index (χ3v) is 8.72. The van der Waals surface area contributed by atoms with Crippen LogP contribution in [0.1, 0.15) is 32.2 Å². The number of ether oxygens (including phenoxy) is 1. The van der Waals surface area contributed by atoms with Gasteiger partial charge in [-0.2, -0.15) is 9.40 Å². The number of sulfonamides is 1.